The van der Waals surface area contributed by atoms with Gasteiger partial charge in [-0.05, 0) is 25.0 Å². The molecule has 0 saturated carbocycles. The molecule has 88 valence electrons. The SMILES string of the molecule is NC1CCCc2nc(-c3ccccc3O)cn21. The van der Waals surface area contributed by atoms with E-state index in [1.165, 1.54) is 0 Å². The van der Waals surface area contributed by atoms with Crippen LogP contribution in [-0.2, 0) is 6.42 Å². The van der Waals surface area contributed by atoms with E-state index in [1.54, 1.807) is 12.1 Å². The molecule has 4 nitrogen and oxygen atoms in total. The van der Waals surface area contributed by atoms with E-state index in [1.807, 2.05) is 22.9 Å². The average molecular weight is 229 g/mol. The molecule has 0 saturated heterocycles. The Morgan fingerprint density at radius 3 is 2.94 bits per heavy atom. The monoisotopic (exact) mass is 229 g/mol. The van der Waals surface area contributed by atoms with Crippen LogP contribution in [0.25, 0.3) is 11.3 Å². The fourth-order valence-electron chi connectivity index (χ4n) is 2.33. The number of aryl methyl sites for hydroxylation is 1. The van der Waals surface area contributed by atoms with Gasteiger partial charge in [-0.2, -0.15) is 0 Å². The third kappa shape index (κ3) is 1.70. The van der Waals surface area contributed by atoms with Gasteiger partial charge in [0.15, 0.2) is 0 Å². The molecule has 4 heteroatoms. The summed E-state index contributed by atoms with van der Waals surface area (Å²) in [6.45, 7) is 0. The second-order valence-electron chi connectivity index (χ2n) is 4.43. The molecular weight excluding hydrogens is 214 g/mol. The number of imidazole rings is 1. The Kier molecular flexibility index (Phi) is 2.37. The molecule has 3 N–H and O–H groups in total. The molecule has 1 aromatic heterocycles. The molecule has 0 bridgehead atoms. The van der Waals surface area contributed by atoms with E-state index in [0.29, 0.717) is 0 Å². The normalized spacial score (nSPS) is 19.0. The van der Waals surface area contributed by atoms with E-state index >= 15 is 0 Å². The van der Waals surface area contributed by atoms with Gasteiger partial charge < -0.3 is 15.4 Å². The summed E-state index contributed by atoms with van der Waals surface area (Å²) < 4.78 is 2.02. The minimum Gasteiger partial charge on any atom is -0.507 e. The molecule has 1 aliphatic heterocycles. The topological polar surface area (TPSA) is 64.1 Å². The summed E-state index contributed by atoms with van der Waals surface area (Å²) in [5.41, 5.74) is 7.60. The molecule has 2 aromatic rings. The lowest BCUT2D eigenvalue weighted by molar-refractivity contribution is 0.408. The van der Waals surface area contributed by atoms with E-state index in [4.69, 9.17) is 5.73 Å². The third-order valence-corrected chi connectivity index (χ3v) is 3.25. The van der Waals surface area contributed by atoms with Crippen molar-refractivity contribution in [3.8, 4) is 17.0 Å². The second kappa shape index (κ2) is 3.89. The highest BCUT2D eigenvalue weighted by Gasteiger charge is 2.19. The quantitative estimate of drug-likeness (QED) is 0.786. The summed E-state index contributed by atoms with van der Waals surface area (Å²) in [6, 6.07) is 7.25. The molecule has 0 radical (unpaired) electrons. The Balaban J connectivity index is 2.08. The van der Waals surface area contributed by atoms with Gasteiger partial charge in [-0.3, -0.25) is 0 Å². The van der Waals surface area contributed by atoms with Crippen molar-refractivity contribution < 1.29 is 5.11 Å². The fraction of sp³-hybridized carbons (Fsp3) is 0.308. The maximum atomic E-state index is 9.81. The number of hydrogen-bond acceptors (Lipinski definition) is 3. The predicted molar refractivity (Wildman–Crippen MR) is 65.5 cm³/mol. The van der Waals surface area contributed by atoms with Crippen molar-refractivity contribution >= 4 is 0 Å². The Bertz CT molecular complexity index is 547. The molecule has 17 heavy (non-hydrogen) atoms. The van der Waals surface area contributed by atoms with Crippen LogP contribution < -0.4 is 5.73 Å². The lowest BCUT2D eigenvalue weighted by atomic mass is 10.1. The van der Waals surface area contributed by atoms with Crippen molar-refractivity contribution in [2.24, 2.45) is 5.73 Å². The number of phenolic OH excluding ortho intramolecular Hbond substituents is 1. The lowest BCUT2D eigenvalue weighted by Crippen LogP contribution is -2.24. The number of benzene rings is 1. The number of nitrogens with zero attached hydrogens (tertiary/aromatic N) is 2. The Morgan fingerprint density at radius 2 is 2.18 bits per heavy atom. The van der Waals surface area contributed by atoms with Gasteiger partial charge in [-0.15, -0.1) is 0 Å². The van der Waals surface area contributed by atoms with Crippen molar-refractivity contribution in [2.75, 3.05) is 0 Å². The van der Waals surface area contributed by atoms with Crippen molar-refractivity contribution in [1.82, 2.24) is 9.55 Å². The number of phenols is 1. The molecule has 1 aliphatic rings. The Labute approximate surface area is 99.7 Å². The summed E-state index contributed by atoms with van der Waals surface area (Å²) in [4.78, 5) is 4.56. The van der Waals surface area contributed by atoms with Crippen LogP contribution in [0.1, 0.15) is 24.8 Å². The first-order valence-corrected chi connectivity index (χ1v) is 5.87. The largest absolute Gasteiger partial charge is 0.507 e. The molecule has 1 atom stereocenters. The molecule has 2 heterocycles. The number of aromatic hydroxyl groups is 1. The van der Waals surface area contributed by atoms with E-state index in [9.17, 15) is 5.11 Å². The van der Waals surface area contributed by atoms with E-state index in [2.05, 4.69) is 4.98 Å². The van der Waals surface area contributed by atoms with Crippen LogP contribution in [0.5, 0.6) is 5.75 Å². The summed E-state index contributed by atoms with van der Waals surface area (Å²) in [7, 11) is 0. The van der Waals surface area contributed by atoms with Crippen LogP contribution in [0.3, 0.4) is 0 Å². The maximum absolute atomic E-state index is 9.81. The highest BCUT2D eigenvalue weighted by Crippen LogP contribution is 2.30. The van der Waals surface area contributed by atoms with Crippen LogP contribution in [-0.4, -0.2) is 14.7 Å². The van der Waals surface area contributed by atoms with Crippen molar-refractivity contribution in [2.45, 2.75) is 25.4 Å². The van der Waals surface area contributed by atoms with Crippen molar-refractivity contribution in [1.29, 1.82) is 0 Å². The van der Waals surface area contributed by atoms with Gasteiger partial charge in [0, 0.05) is 18.2 Å². The average Bonchev–Trinajstić information content (AvgIpc) is 2.75. The van der Waals surface area contributed by atoms with E-state index in [-0.39, 0.29) is 11.9 Å². The Hall–Kier alpha value is -1.81. The van der Waals surface area contributed by atoms with Crippen LogP contribution in [0.4, 0.5) is 0 Å². The molecular formula is C13H15N3O. The molecule has 0 aliphatic carbocycles. The van der Waals surface area contributed by atoms with E-state index in [0.717, 1.165) is 36.3 Å². The number of fused-ring (bicyclic) bond motifs is 1. The van der Waals surface area contributed by atoms with Gasteiger partial charge in [0.1, 0.15) is 11.6 Å². The van der Waals surface area contributed by atoms with Gasteiger partial charge in [0.2, 0.25) is 0 Å². The van der Waals surface area contributed by atoms with Gasteiger partial charge in [0.25, 0.3) is 0 Å². The zero-order chi connectivity index (χ0) is 11.8. The van der Waals surface area contributed by atoms with Crippen LogP contribution in [0, 0.1) is 0 Å². The highest BCUT2D eigenvalue weighted by molar-refractivity contribution is 5.66. The molecule has 0 amide bonds. The maximum Gasteiger partial charge on any atom is 0.125 e. The van der Waals surface area contributed by atoms with Crippen LogP contribution >= 0.6 is 0 Å². The highest BCUT2D eigenvalue weighted by atomic mass is 16.3. The summed E-state index contributed by atoms with van der Waals surface area (Å²) in [5, 5.41) is 9.81. The Morgan fingerprint density at radius 1 is 1.35 bits per heavy atom. The van der Waals surface area contributed by atoms with Crippen molar-refractivity contribution in [3.63, 3.8) is 0 Å². The lowest BCUT2D eigenvalue weighted by Gasteiger charge is -2.20. The first-order valence-electron chi connectivity index (χ1n) is 5.87. The molecule has 1 aromatic carbocycles. The number of rotatable bonds is 1. The van der Waals surface area contributed by atoms with Gasteiger partial charge in [-0.25, -0.2) is 4.98 Å². The van der Waals surface area contributed by atoms with Crippen LogP contribution in [0.2, 0.25) is 0 Å². The summed E-state index contributed by atoms with van der Waals surface area (Å²) in [5.74, 6) is 1.28. The first-order chi connectivity index (χ1) is 8.25. The zero-order valence-electron chi connectivity index (χ0n) is 9.50. The smallest absolute Gasteiger partial charge is 0.125 e. The van der Waals surface area contributed by atoms with Gasteiger partial charge in [-0.1, -0.05) is 12.1 Å². The minimum absolute atomic E-state index is 0.0193. The fourth-order valence-corrected chi connectivity index (χ4v) is 2.33. The molecule has 0 fully saturated rings. The number of aromatic nitrogens is 2. The number of para-hydroxylation sites is 1. The molecule has 0 spiro atoms. The molecule has 3 rings (SSSR count). The van der Waals surface area contributed by atoms with Crippen LogP contribution in [0.15, 0.2) is 30.5 Å². The zero-order valence-corrected chi connectivity index (χ0v) is 9.50. The summed E-state index contributed by atoms with van der Waals surface area (Å²) >= 11 is 0. The van der Waals surface area contributed by atoms with Gasteiger partial charge >= 0.3 is 0 Å². The number of hydrogen-bond donors (Lipinski definition) is 2. The first kappa shape index (κ1) is 10.4. The number of nitrogens with two attached hydrogens (primary N) is 1. The standard InChI is InChI=1S/C13H15N3O/c14-12-6-3-7-13-15-10(8-16(12)13)9-4-1-2-5-11(9)17/h1-2,4-5,8,12,17H,3,6-7,14H2. The summed E-state index contributed by atoms with van der Waals surface area (Å²) in [6.07, 6.45) is 4.99. The predicted octanol–water partition coefficient (Wildman–Crippen LogP) is 2.05. The molecule has 1 unspecified atom stereocenters. The second-order valence-corrected chi connectivity index (χ2v) is 4.43. The minimum atomic E-state index is 0.0193. The van der Waals surface area contributed by atoms with Gasteiger partial charge in [0.05, 0.1) is 11.9 Å². The third-order valence-electron chi connectivity index (χ3n) is 3.25. The van der Waals surface area contributed by atoms with Crippen molar-refractivity contribution in [3.05, 3.63) is 36.3 Å². The van der Waals surface area contributed by atoms with E-state index < -0.39 is 0 Å².